The molecule has 1 heterocycles. The number of hydrogen-bond donors (Lipinski definition) is 2. The summed E-state index contributed by atoms with van der Waals surface area (Å²) in [6, 6.07) is 13.0. The molecule has 1 atom stereocenters. The summed E-state index contributed by atoms with van der Waals surface area (Å²) in [6.07, 6.45) is 0. The fraction of sp³-hybridized carbons (Fsp3) is 0.409. The van der Waals surface area contributed by atoms with Gasteiger partial charge in [0, 0.05) is 38.3 Å². The van der Waals surface area contributed by atoms with E-state index in [4.69, 9.17) is 4.74 Å². The molecule has 0 aromatic heterocycles. The minimum atomic E-state index is -0.417. The van der Waals surface area contributed by atoms with Crippen molar-refractivity contribution in [2.24, 2.45) is 4.99 Å². The first kappa shape index (κ1) is 22.6. The van der Waals surface area contributed by atoms with Gasteiger partial charge in [0.2, 0.25) is 0 Å². The molecule has 0 radical (unpaired) electrons. The molecule has 1 aliphatic heterocycles. The molecule has 1 unspecified atom stereocenters. The van der Waals surface area contributed by atoms with Crippen LogP contribution in [-0.2, 0) is 11.3 Å². The molecule has 0 saturated carbocycles. The van der Waals surface area contributed by atoms with Gasteiger partial charge in [0.1, 0.15) is 5.82 Å². The normalized spacial score (nSPS) is 16.0. The third-order valence-electron chi connectivity index (χ3n) is 5.12. The number of non-ortho nitro benzene ring substituents is 1. The van der Waals surface area contributed by atoms with Crippen molar-refractivity contribution < 1.29 is 14.1 Å². The molecule has 2 aromatic carbocycles. The van der Waals surface area contributed by atoms with Crippen LogP contribution in [-0.4, -0.2) is 55.2 Å². The predicted molar refractivity (Wildman–Crippen MR) is 117 cm³/mol. The SMILES string of the molecule is CCNC(=NCc1ccc([N+](=O)[O-])cc1)NCC(c1ccc(F)cc1)N1CCOCC1. The standard InChI is InChI=1S/C22H28FN5O3/c1-2-24-22(25-15-17-3-9-20(10-4-17)28(29)30)26-16-21(27-11-13-31-14-12-27)18-5-7-19(23)8-6-18/h3-10,21H,2,11-16H2,1H3,(H2,24,25,26). The maximum atomic E-state index is 13.4. The van der Waals surface area contributed by atoms with E-state index < -0.39 is 4.92 Å². The number of nitrogens with one attached hydrogen (secondary N) is 2. The minimum Gasteiger partial charge on any atom is -0.379 e. The van der Waals surface area contributed by atoms with Crippen LogP contribution in [0.2, 0.25) is 0 Å². The van der Waals surface area contributed by atoms with E-state index in [2.05, 4.69) is 20.5 Å². The summed E-state index contributed by atoms with van der Waals surface area (Å²) < 4.78 is 18.9. The van der Waals surface area contributed by atoms with Crippen molar-refractivity contribution in [3.8, 4) is 0 Å². The summed E-state index contributed by atoms with van der Waals surface area (Å²) in [7, 11) is 0. The number of hydrogen-bond acceptors (Lipinski definition) is 5. The zero-order chi connectivity index (χ0) is 22.1. The van der Waals surface area contributed by atoms with Crippen LogP contribution in [0.4, 0.5) is 10.1 Å². The molecular formula is C22H28FN5O3. The average molecular weight is 429 g/mol. The number of rotatable bonds is 8. The maximum absolute atomic E-state index is 13.4. The van der Waals surface area contributed by atoms with Crippen LogP contribution in [0.15, 0.2) is 53.5 Å². The van der Waals surface area contributed by atoms with Crippen LogP contribution in [0.25, 0.3) is 0 Å². The zero-order valence-electron chi connectivity index (χ0n) is 17.6. The van der Waals surface area contributed by atoms with E-state index in [9.17, 15) is 14.5 Å². The fourth-order valence-electron chi connectivity index (χ4n) is 3.46. The Bertz CT molecular complexity index is 868. The largest absolute Gasteiger partial charge is 0.379 e. The highest BCUT2D eigenvalue weighted by molar-refractivity contribution is 5.79. The van der Waals surface area contributed by atoms with Crippen LogP contribution in [0.5, 0.6) is 0 Å². The smallest absolute Gasteiger partial charge is 0.269 e. The Labute approximate surface area is 181 Å². The van der Waals surface area contributed by atoms with Crippen molar-refractivity contribution in [1.29, 1.82) is 0 Å². The van der Waals surface area contributed by atoms with Gasteiger partial charge in [-0.05, 0) is 30.2 Å². The van der Waals surface area contributed by atoms with Crippen LogP contribution in [0, 0.1) is 15.9 Å². The van der Waals surface area contributed by atoms with Gasteiger partial charge in [0.05, 0.1) is 30.7 Å². The molecule has 0 aliphatic carbocycles. The lowest BCUT2D eigenvalue weighted by Crippen LogP contribution is -2.46. The summed E-state index contributed by atoms with van der Waals surface area (Å²) in [6.45, 7) is 6.63. The van der Waals surface area contributed by atoms with Gasteiger partial charge in [0.25, 0.3) is 5.69 Å². The molecule has 8 nitrogen and oxygen atoms in total. The quantitative estimate of drug-likeness (QED) is 0.290. The number of morpholine rings is 1. The molecule has 31 heavy (non-hydrogen) atoms. The highest BCUT2D eigenvalue weighted by Crippen LogP contribution is 2.21. The van der Waals surface area contributed by atoms with Gasteiger partial charge in [-0.2, -0.15) is 0 Å². The summed E-state index contributed by atoms with van der Waals surface area (Å²) in [5.41, 5.74) is 1.97. The first-order chi connectivity index (χ1) is 15.1. The molecular weight excluding hydrogens is 401 g/mol. The van der Waals surface area contributed by atoms with Crippen molar-refractivity contribution in [2.45, 2.75) is 19.5 Å². The van der Waals surface area contributed by atoms with Crippen LogP contribution >= 0.6 is 0 Å². The van der Waals surface area contributed by atoms with Gasteiger partial charge in [-0.25, -0.2) is 9.38 Å². The van der Waals surface area contributed by atoms with E-state index in [1.54, 1.807) is 12.1 Å². The lowest BCUT2D eigenvalue weighted by atomic mass is 10.0. The molecule has 2 N–H and O–H groups in total. The van der Waals surface area contributed by atoms with Gasteiger partial charge in [-0.1, -0.05) is 24.3 Å². The lowest BCUT2D eigenvalue weighted by molar-refractivity contribution is -0.384. The highest BCUT2D eigenvalue weighted by Gasteiger charge is 2.23. The highest BCUT2D eigenvalue weighted by atomic mass is 19.1. The summed E-state index contributed by atoms with van der Waals surface area (Å²) in [4.78, 5) is 17.3. The zero-order valence-corrected chi connectivity index (χ0v) is 17.6. The van der Waals surface area contributed by atoms with Crippen LogP contribution in [0.1, 0.15) is 24.1 Å². The van der Waals surface area contributed by atoms with Gasteiger partial charge >= 0.3 is 0 Å². The first-order valence-electron chi connectivity index (χ1n) is 10.4. The molecule has 9 heteroatoms. The Hall–Kier alpha value is -3.04. The number of benzene rings is 2. The molecule has 1 aliphatic rings. The molecule has 166 valence electrons. The average Bonchev–Trinajstić information content (AvgIpc) is 2.79. The minimum absolute atomic E-state index is 0.0488. The monoisotopic (exact) mass is 429 g/mol. The third kappa shape index (κ3) is 6.73. The van der Waals surface area contributed by atoms with E-state index in [0.29, 0.717) is 38.8 Å². The Morgan fingerprint density at radius 3 is 2.45 bits per heavy atom. The van der Waals surface area contributed by atoms with Gasteiger partial charge < -0.3 is 15.4 Å². The Kier molecular flexibility index (Phi) is 8.31. The maximum Gasteiger partial charge on any atom is 0.269 e. The Morgan fingerprint density at radius 1 is 1.16 bits per heavy atom. The molecule has 0 spiro atoms. The topological polar surface area (TPSA) is 92.0 Å². The third-order valence-corrected chi connectivity index (χ3v) is 5.12. The van der Waals surface area contributed by atoms with Crippen LogP contribution in [0.3, 0.4) is 0 Å². The van der Waals surface area contributed by atoms with E-state index in [0.717, 1.165) is 24.2 Å². The predicted octanol–water partition coefficient (Wildman–Crippen LogP) is 2.86. The van der Waals surface area contributed by atoms with Gasteiger partial charge in [-0.3, -0.25) is 15.0 Å². The number of halogens is 1. The number of aliphatic imine (C=N–C) groups is 1. The molecule has 1 saturated heterocycles. The first-order valence-corrected chi connectivity index (χ1v) is 10.4. The van der Waals surface area contributed by atoms with E-state index in [-0.39, 0.29) is 17.5 Å². The van der Waals surface area contributed by atoms with E-state index in [1.807, 2.05) is 19.1 Å². The second-order valence-electron chi connectivity index (χ2n) is 7.22. The molecule has 2 aromatic rings. The van der Waals surface area contributed by atoms with Crippen LogP contribution < -0.4 is 10.6 Å². The van der Waals surface area contributed by atoms with E-state index in [1.165, 1.54) is 24.3 Å². The number of ether oxygens (including phenoxy) is 1. The summed E-state index contributed by atoms with van der Waals surface area (Å²) in [5, 5.41) is 17.4. The van der Waals surface area contributed by atoms with Gasteiger partial charge in [-0.15, -0.1) is 0 Å². The molecule has 0 amide bonds. The van der Waals surface area contributed by atoms with Gasteiger partial charge in [0.15, 0.2) is 5.96 Å². The Balaban J connectivity index is 1.69. The lowest BCUT2D eigenvalue weighted by Gasteiger charge is -2.35. The molecule has 1 fully saturated rings. The van der Waals surface area contributed by atoms with E-state index >= 15 is 0 Å². The number of nitro groups is 1. The second-order valence-corrected chi connectivity index (χ2v) is 7.22. The van der Waals surface area contributed by atoms with Crippen molar-refractivity contribution in [2.75, 3.05) is 39.4 Å². The van der Waals surface area contributed by atoms with Crippen molar-refractivity contribution in [3.05, 3.63) is 75.6 Å². The number of nitrogens with zero attached hydrogens (tertiary/aromatic N) is 3. The van der Waals surface area contributed by atoms with Crippen molar-refractivity contribution in [3.63, 3.8) is 0 Å². The number of nitro benzene ring substituents is 1. The second kappa shape index (κ2) is 11.4. The van der Waals surface area contributed by atoms with Crippen molar-refractivity contribution >= 4 is 11.6 Å². The molecule has 3 rings (SSSR count). The fourth-order valence-corrected chi connectivity index (χ4v) is 3.46. The summed E-state index contributed by atoms with van der Waals surface area (Å²) in [5.74, 6) is 0.400. The Morgan fingerprint density at radius 2 is 1.84 bits per heavy atom. The summed E-state index contributed by atoms with van der Waals surface area (Å²) >= 11 is 0. The molecule has 0 bridgehead atoms. The van der Waals surface area contributed by atoms with Crippen molar-refractivity contribution in [1.82, 2.24) is 15.5 Å². The number of guanidine groups is 1.